The van der Waals surface area contributed by atoms with E-state index < -0.39 is 23.2 Å². The Bertz CT molecular complexity index is 694. The number of nitrogens with one attached hydrogen (secondary N) is 2. The molecule has 2 unspecified atom stereocenters. The van der Waals surface area contributed by atoms with Gasteiger partial charge in [-0.1, -0.05) is 32.0 Å². The molecule has 24 heavy (non-hydrogen) atoms. The molecule has 0 spiro atoms. The van der Waals surface area contributed by atoms with Gasteiger partial charge in [-0.05, 0) is 29.9 Å². The molecule has 2 atom stereocenters. The molecule has 2 aliphatic rings. The predicted octanol–water partition coefficient (Wildman–Crippen LogP) is 1.80. The zero-order chi connectivity index (χ0) is 17.5. The zero-order valence-corrected chi connectivity index (χ0v) is 13.8. The molecule has 0 bridgehead atoms. The van der Waals surface area contributed by atoms with Gasteiger partial charge in [0.1, 0.15) is 0 Å². The fourth-order valence-corrected chi connectivity index (χ4v) is 3.27. The van der Waals surface area contributed by atoms with Crippen molar-refractivity contribution in [1.82, 2.24) is 5.32 Å². The number of carbonyl (C=O) groups excluding carboxylic acids is 2. The summed E-state index contributed by atoms with van der Waals surface area (Å²) in [6.07, 6.45) is 2.25. The van der Waals surface area contributed by atoms with Crippen molar-refractivity contribution < 1.29 is 19.5 Å². The van der Waals surface area contributed by atoms with Gasteiger partial charge in [0.2, 0.25) is 11.8 Å². The molecule has 0 aromatic heterocycles. The summed E-state index contributed by atoms with van der Waals surface area (Å²) in [5.74, 6) is -2.53. The number of anilines is 1. The number of carbonyl (C=O) groups is 3. The van der Waals surface area contributed by atoms with Gasteiger partial charge in [0.05, 0.1) is 18.3 Å². The molecule has 3 N–H and O–H groups in total. The van der Waals surface area contributed by atoms with Crippen LogP contribution < -0.4 is 10.6 Å². The average molecular weight is 330 g/mol. The highest BCUT2D eigenvalue weighted by atomic mass is 16.4. The summed E-state index contributed by atoms with van der Waals surface area (Å²) < 4.78 is 0. The molecule has 128 valence electrons. The molecule has 1 aromatic carbocycles. The predicted molar refractivity (Wildman–Crippen MR) is 88.3 cm³/mol. The van der Waals surface area contributed by atoms with Crippen LogP contribution in [0.1, 0.15) is 32.3 Å². The highest BCUT2D eigenvalue weighted by molar-refractivity contribution is 6.00. The normalized spacial score (nSPS) is 24.1. The molecule has 1 aromatic rings. The lowest BCUT2D eigenvalue weighted by Crippen LogP contribution is -2.27. The largest absolute Gasteiger partial charge is 0.481 e. The van der Waals surface area contributed by atoms with Gasteiger partial charge in [-0.15, -0.1) is 0 Å². The number of rotatable bonds is 6. The number of aliphatic carboxylic acids is 1. The molecule has 2 fully saturated rings. The number of benzene rings is 1. The quantitative estimate of drug-likeness (QED) is 0.741. The van der Waals surface area contributed by atoms with E-state index in [1.807, 2.05) is 6.07 Å². The number of hydrogen-bond donors (Lipinski definition) is 3. The van der Waals surface area contributed by atoms with E-state index in [2.05, 4.69) is 10.6 Å². The Morgan fingerprint density at radius 2 is 1.83 bits per heavy atom. The Morgan fingerprint density at radius 1 is 1.17 bits per heavy atom. The van der Waals surface area contributed by atoms with Crippen LogP contribution in [0.25, 0.3) is 0 Å². The highest BCUT2D eigenvalue weighted by Crippen LogP contribution is 2.58. The number of para-hydroxylation sites is 1. The zero-order valence-electron chi connectivity index (χ0n) is 13.8. The van der Waals surface area contributed by atoms with Crippen molar-refractivity contribution in [2.75, 3.05) is 5.32 Å². The topological polar surface area (TPSA) is 95.5 Å². The van der Waals surface area contributed by atoms with Crippen LogP contribution >= 0.6 is 0 Å². The smallest absolute Gasteiger partial charge is 0.307 e. The van der Waals surface area contributed by atoms with Crippen molar-refractivity contribution in [1.29, 1.82) is 0 Å². The van der Waals surface area contributed by atoms with E-state index in [1.54, 1.807) is 32.0 Å². The minimum Gasteiger partial charge on any atom is -0.481 e. The van der Waals surface area contributed by atoms with Gasteiger partial charge in [-0.3, -0.25) is 14.4 Å². The standard InChI is InChI=1S/C18H22N2O4/c1-18(2)14(15(18)17(23)24)16(22)20-12-6-4-3-5-10(12)9-13(21)19-11-7-8-11/h3-6,11,14-15H,7-9H2,1-2H3,(H,19,21)(H,20,22)(H,23,24). The van der Waals surface area contributed by atoms with Crippen LogP contribution in [-0.2, 0) is 20.8 Å². The van der Waals surface area contributed by atoms with Crippen molar-refractivity contribution >= 4 is 23.5 Å². The van der Waals surface area contributed by atoms with Gasteiger partial charge < -0.3 is 15.7 Å². The number of carboxylic acid groups (broad SMARTS) is 1. The van der Waals surface area contributed by atoms with Gasteiger partial charge in [0.15, 0.2) is 0 Å². The molecular weight excluding hydrogens is 308 g/mol. The first-order chi connectivity index (χ1) is 11.3. The summed E-state index contributed by atoms with van der Waals surface area (Å²) in [4.78, 5) is 35.7. The molecule has 2 amide bonds. The van der Waals surface area contributed by atoms with E-state index in [1.165, 1.54) is 0 Å². The fourth-order valence-electron chi connectivity index (χ4n) is 3.27. The van der Waals surface area contributed by atoms with Crippen molar-refractivity contribution in [3.8, 4) is 0 Å². The van der Waals surface area contributed by atoms with Crippen LogP contribution in [0.15, 0.2) is 24.3 Å². The Labute approximate surface area is 140 Å². The van der Waals surface area contributed by atoms with E-state index in [4.69, 9.17) is 0 Å². The molecule has 0 aliphatic heterocycles. The summed E-state index contributed by atoms with van der Waals surface area (Å²) in [6, 6.07) is 7.43. The van der Waals surface area contributed by atoms with Crippen LogP contribution in [0.3, 0.4) is 0 Å². The second-order valence-electron chi connectivity index (χ2n) is 7.28. The summed E-state index contributed by atoms with van der Waals surface area (Å²) in [7, 11) is 0. The number of amides is 2. The third-order valence-electron chi connectivity index (χ3n) is 4.94. The highest BCUT2D eigenvalue weighted by Gasteiger charge is 2.65. The lowest BCUT2D eigenvalue weighted by Gasteiger charge is -2.12. The molecule has 6 nitrogen and oxygen atoms in total. The summed E-state index contributed by atoms with van der Waals surface area (Å²) in [6.45, 7) is 3.57. The van der Waals surface area contributed by atoms with Crippen LogP contribution in [0, 0.1) is 17.3 Å². The fraction of sp³-hybridized carbons (Fsp3) is 0.500. The third-order valence-corrected chi connectivity index (χ3v) is 4.94. The molecule has 0 heterocycles. The van der Waals surface area contributed by atoms with Crippen LogP contribution in [-0.4, -0.2) is 28.9 Å². The van der Waals surface area contributed by atoms with Gasteiger partial charge >= 0.3 is 5.97 Å². The Kier molecular flexibility index (Phi) is 4.07. The van der Waals surface area contributed by atoms with Crippen LogP contribution in [0.4, 0.5) is 5.69 Å². The maximum atomic E-state index is 12.5. The summed E-state index contributed by atoms with van der Waals surface area (Å²) >= 11 is 0. The van der Waals surface area contributed by atoms with E-state index in [0.717, 1.165) is 18.4 Å². The van der Waals surface area contributed by atoms with E-state index in [0.29, 0.717) is 11.7 Å². The van der Waals surface area contributed by atoms with Crippen LogP contribution in [0.5, 0.6) is 0 Å². The van der Waals surface area contributed by atoms with Crippen LogP contribution in [0.2, 0.25) is 0 Å². The first-order valence-corrected chi connectivity index (χ1v) is 8.21. The monoisotopic (exact) mass is 330 g/mol. The van der Waals surface area contributed by atoms with Gasteiger partial charge in [0, 0.05) is 11.7 Å². The molecule has 3 rings (SSSR count). The average Bonchev–Trinajstić information content (AvgIpc) is 3.38. The van der Waals surface area contributed by atoms with E-state index in [-0.39, 0.29) is 18.2 Å². The van der Waals surface area contributed by atoms with Gasteiger partial charge in [-0.2, -0.15) is 0 Å². The lowest BCUT2D eigenvalue weighted by molar-refractivity contribution is -0.140. The Balaban J connectivity index is 1.68. The summed E-state index contributed by atoms with van der Waals surface area (Å²) in [5.41, 5.74) is 0.753. The van der Waals surface area contributed by atoms with Gasteiger partial charge in [-0.25, -0.2) is 0 Å². The molecule has 2 aliphatic carbocycles. The maximum absolute atomic E-state index is 12.5. The van der Waals surface area contributed by atoms with Crippen molar-refractivity contribution in [3.63, 3.8) is 0 Å². The van der Waals surface area contributed by atoms with Crippen molar-refractivity contribution in [2.24, 2.45) is 17.3 Å². The molecule has 6 heteroatoms. The SMILES string of the molecule is CC1(C)C(C(=O)O)C1C(=O)Nc1ccccc1CC(=O)NC1CC1. The first kappa shape index (κ1) is 16.5. The van der Waals surface area contributed by atoms with Crippen molar-refractivity contribution in [2.45, 2.75) is 39.2 Å². The molecular formula is C18H22N2O4. The van der Waals surface area contributed by atoms with E-state index >= 15 is 0 Å². The number of hydrogen-bond acceptors (Lipinski definition) is 3. The van der Waals surface area contributed by atoms with Crippen molar-refractivity contribution in [3.05, 3.63) is 29.8 Å². The van der Waals surface area contributed by atoms with Gasteiger partial charge in [0.25, 0.3) is 0 Å². The lowest BCUT2D eigenvalue weighted by atomic mass is 10.1. The Hall–Kier alpha value is -2.37. The second-order valence-corrected chi connectivity index (χ2v) is 7.28. The minimum atomic E-state index is -0.947. The first-order valence-electron chi connectivity index (χ1n) is 8.21. The second kappa shape index (κ2) is 5.92. The molecule has 2 saturated carbocycles. The maximum Gasteiger partial charge on any atom is 0.307 e. The molecule has 0 radical (unpaired) electrons. The Morgan fingerprint density at radius 3 is 2.42 bits per heavy atom. The number of carboxylic acids is 1. The minimum absolute atomic E-state index is 0.0608. The summed E-state index contributed by atoms with van der Waals surface area (Å²) in [5, 5.41) is 14.9. The third kappa shape index (κ3) is 3.27. The van der Waals surface area contributed by atoms with E-state index in [9.17, 15) is 19.5 Å². The molecule has 0 saturated heterocycles.